The smallest absolute Gasteiger partial charge is 0.167 e. The molecule has 0 saturated heterocycles. The first-order chi connectivity index (χ1) is 7.20. The number of rotatable bonds is 2. The van der Waals surface area contributed by atoms with E-state index in [4.69, 9.17) is 0 Å². The van der Waals surface area contributed by atoms with Crippen molar-refractivity contribution in [2.45, 2.75) is 0 Å². The van der Waals surface area contributed by atoms with Crippen molar-refractivity contribution in [2.24, 2.45) is 0 Å². The highest BCUT2D eigenvalue weighted by Crippen LogP contribution is 2.24. The molecule has 0 aliphatic heterocycles. The third kappa shape index (κ3) is 1.97. The first kappa shape index (κ1) is 10.0. The van der Waals surface area contributed by atoms with E-state index in [1.54, 1.807) is 12.1 Å². The Morgan fingerprint density at radius 3 is 2.80 bits per heavy atom. The van der Waals surface area contributed by atoms with Crippen LogP contribution in [0.3, 0.4) is 0 Å². The molecule has 0 unspecified atom stereocenters. The highest BCUT2D eigenvalue weighted by Gasteiger charge is 2.08. The third-order valence-corrected chi connectivity index (χ3v) is 2.42. The van der Waals surface area contributed by atoms with Crippen LogP contribution < -0.4 is 0 Å². The van der Waals surface area contributed by atoms with Crippen LogP contribution in [0.1, 0.15) is 10.5 Å². The average molecular weight is 269 g/mol. The number of aromatic amines is 1. The fourth-order valence-corrected chi connectivity index (χ4v) is 1.57. The number of nitrogens with zero attached hydrogens (tertiary/aromatic N) is 1. The van der Waals surface area contributed by atoms with Gasteiger partial charge in [0.25, 0.3) is 0 Å². The van der Waals surface area contributed by atoms with E-state index >= 15 is 0 Å². The van der Waals surface area contributed by atoms with Gasteiger partial charge in [0.1, 0.15) is 5.82 Å². The predicted molar refractivity (Wildman–Crippen MR) is 57.1 cm³/mol. The highest BCUT2D eigenvalue weighted by atomic mass is 79.9. The van der Waals surface area contributed by atoms with Crippen LogP contribution in [0.15, 0.2) is 28.7 Å². The van der Waals surface area contributed by atoms with Crippen LogP contribution in [0.25, 0.3) is 11.3 Å². The number of nitrogens with one attached hydrogen (secondary N) is 1. The second-order valence-electron chi connectivity index (χ2n) is 2.95. The van der Waals surface area contributed by atoms with E-state index in [2.05, 4.69) is 26.1 Å². The van der Waals surface area contributed by atoms with Gasteiger partial charge in [0.05, 0.1) is 11.4 Å². The number of aromatic nitrogens is 2. The van der Waals surface area contributed by atoms with Crippen LogP contribution >= 0.6 is 15.9 Å². The normalized spacial score (nSPS) is 10.3. The Bertz CT molecular complexity index is 510. The maximum atomic E-state index is 13.5. The van der Waals surface area contributed by atoms with Gasteiger partial charge in [-0.1, -0.05) is 15.9 Å². The van der Waals surface area contributed by atoms with E-state index in [1.807, 2.05) is 0 Å². The standard InChI is InChI=1S/C10H6BrFN2O/c11-6-1-2-8(9(12)3-6)10-4-7(5-15)13-14-10/h1-5H,(H,13,14). The molecule has 5 heteroatoms. The number of carbonyl (C=O) groups excluding carboxylic acids is 1. The van der Waals surface area contributed by atoms with Gasteiger partial charge in [0, 0.05) is 10.0 Å². The number of H-pyrrole nitrogens is 1. The monoisotopic (exact) mass is 268 g/mol. The average Bonchev–Trinajstić information content (AvgIpc) is 2.66. The molecule has 15 heavy (non-hydrogen) atoms. The second-order valence-corrected chi connectivity index (χ2v) is 3.87. The van der Waals surface area contributed by atoms with E-state index in [-0.39, 0.29) is 5.82 Å². The number of benzene rings is 1. The van der Waals surface area contributed by atoms with Gasteiger partial charge < -0.3 is 0 Å². The molecule has 0 atom stereocenters. The molecule has 2 rings (SSSR count). The van der Waals surface area contributed by atoms with Gasteiger partial charge in [0.2, 0.25) is 0 Å². The van der Waals surface area contributed by atoms with Crippen molar-refractivity contribution in [3.8, 4) is 11.3 Å². The topological polar surface area (TPSA) is 45.8 Å². The van der Waals surface area contributed by atoms with E-state index in [0.717, 1.165) is 0 Å². The quantitative estimate of drug-likeness (QED) is 0.852. The zero-order valence-electron chi connectivity index (χ0n) is 7.50. The fourth-order valence-electron chi connectivity index (χ4n) is 1.23. The lowest BCUT2D eigenvalue weighted by Gasteiger charge is -1.98. The van der Waals surface area contributed by atoms with E-state index in [9.17, 15) is 9.18 Å². The molecule has 2 aromatic rings. The number of hydrogen-bond donors (Lipinski definition) is 1. The first-order valence-electron chi connectivity index (χ1n) is 4.16. The van der Waals surface area contributed by atoms with Crippen LogP contribution in [-0.2, 0) is 0 Å². The lowest BCUT2D eigenvalue weighted by Crippen LogP contribution is -1.84. The van der Waals surface area contributed by atoms with Gasteiger partial charge in [0.15, 0.2) is 6.29 Å². The number of aldehydes is 1. The fraction of sp³-hybridized carbons (Fsp3) is 0. The SMILES string of the molecule is O=Cc1cc(-c2ccc(Br)cc2F)n[nH]1. The van der Waals surface area contributed by atoms with Gasteiger partial charge in [-0.3, -0.25) is 9.89 Å². The zero-order chi connectivity index (χ0) is 10.8. The molecule has 0 bridgehead atoms. The minimum atomic E-state index is -0.381. The van der Waals surface area contributed by atoms with Crippen LogP contribution in [0.4, 0.5) is 4.39 Å². The summed E-state index contributed by atoms with van der Waals surface area (Å²) >= 11 is 3.16. The Morgan fingerprint density at radius 1 is 1.40 bits per heavy atom. The number of hydrogen-bond acceptors (Lipinski definition) is 2. The molecule has 1 heterocycles. The maximum Gasteiger partial charge on any atom is 0.167 e. The van der Waals surface area contributed by atoms with E-state index < -0.39 is 0 Å². The van der Waals surface area contributed by atoms with Crippen molar-refractivity contribution in [3.05, 3.63) is 40.2 Å². The molecule has 0 amide bonds. The van der Waals surface area contributed by atoms with Gasteiger partial charge in [-0.05, 0) is 24.3 Å². The summed E-state index contributed by atoms with van der Waals surface area (Å²) in [5.41, 5.74) is 1.11. The molecule has 0 aliphatic rings. The Morgan fingerprint density at radius 2 is 2.20 bits per heavy atom. The molecular formula is C10H6BrFN2O. The molecular weight excluding hydrogens is 263 g/mol. The second kappa shape index (κ2) is 3.94. The van der Waals surface area contributed by atoms with Crippen molar-refractivity contribution in [1.82, 2.24) is 10.2 Å². The molecule has 0 fully saturated rings. The van der Waals surface area contributed by atoms with Crippen molar-refractivity contribution >= 4 is 22.2 Å². The summed E-state index contributed by atoms with van der Waals surface area (Å²) in [6.45, 7) is 0. The Hall–Kier alpha value is -1.49. The van der Waals surface area contributed by atoms with Gasteiger partial charge >= 0.3 is 0 Å². The minimum absolute atomic E-state index is 0.326. The van der Waals surface area contributed by atoms with E-state index in [0.29, 0.717) is 27.7 Å². The molecule has 3 nitrogen and oxygen atoms in total. The Labute approximate surface area is 93.4 Å². The van der Waals surface area contributed by atoms with Gasteiger partial charge in [-0.25, -0.2) is 4.39 Å². The highest BCUT2D eigenvalue weighted by molar-refractivity contribution is 9.10. The summed E-state index contributed by atoms with van der Waals surface area (Å²) in [6.07, 6.45) is 0.632. The van der Waals surface area contributed by atoms with Crippen molar-refractivity contribution in [2.75, 3.05) is 0 Å². The van der Waals surface area contributed by atoms with Gasteiger partial charge in [-0.2, -0.15) is 5.10 Å². The van der Waals surface area contributed by atoms with Gasteiger partial charge in [-0.15, -0.1) is 0 Å². The molecule has 0 aliphatic carbocycles. The molecule has 76 valence electrons. The third-order valence-electron chi connectivity index (χ3n) is 1.93. The Balaban J connectivity index is 2.49. The van der Waals surface area contributed by atoms with Crippen LogP contribution in [-0.4, -0.2) is 16.5 Å². The summed E-state index contributed by atoms with van der Waals surface area (Å²) in [5.74, 6) is -0.381. The summed E-state index contributed by atoms with van der Waals surface area (Å²) in [7, 11) is 0. The molecule has 1 N–H and O–H groups in total. The first-order valence-corrected chi connectivity index (χ1v) is 4.96. The molecule has 0 radical (unpaired) electrons. The maximum absolute atomic E-state index is 13.5. The summed E-state index contributed by atoms with van der Waals surface area (Å²) in [4.78, 5) is 10.4. The predicted octanol–water partition coefficient (Wildman–Crippen LogP) is 2.79. The summed E-state index contributed by atoms with van der Waals surface area (Å²) < 4.78 is 14.1. The zero-order valence-corrected chi connectivity index (χ0v) is 9.08. The van der Waals surface area contributed by atoms with E-state index in [1.165, 1.54) is 12.1 Å². The summed E-state index contributed by atoms with van der Waals surface area (Å²) in [6, 6.07) is 6.17. The van der Waals surface area contributed by atoms with Crippen LogP contribution in [0.5, 0.6) is 0 Å². The van der Waals surface area contributed by atoms with Crippen molar-refractivity contribution < 1.29 is 9.18 Å². The lowest BCUT2D eigenvalue weighted by molar-refractivity contribution is 0.111. The lowest BCUT2D eigenvalue weighted by atomic mass is 10.1. The number of carbonyl (C=O) groups is 1. The van der Waals surface area contributed by atoms with Crippen molar-refractivity contribution in [3.63, 3.8) is 0 Å². The molecule has 1 aromatic carbocycles. The molecule has 0 saturated carbocycles. The van der Waals surface area contributed by atoms with Crippen LogP contribution in [0.2, 0.25) is 0 Å². The molecule has 1 aromatic heterocycles. The minimum Gasteiger partial charge on any atom is -0.296 e. The molecule has 0 spiro atoms. The number of halogens is 2. The largest absolute Gasteiger partial charge is 0.296 e. The summed E-state index contributed by atoms with van der Waals surface area (Å²) in [5, 5.41) is 6.34. The Kier molecular flexibility index (Phi) is 2.64. The van der Waals surface area contributed by atoms with Crippen LogP contribution in [0, 0.1) is 5.82 Å². The van der Waals surface area contributed by atoms with Crippen molar-refractivity contribution in [1.29, 1.82) is 0 Å².